The van der Waals surface area contributed by atoms with Crippen LogP contribution in [0.15, 0.2) is 72.8 Å². The molecule has 6 nitrogen and oxygen atoms in total. The number of methoxy groups -OCH3 is 2. The molecular formula is C31H36O6. The molecule has 0 bridgehead atoms. The van der Waals surface area contributed by atoms with Crippen LogP contribution in [0.5, 0.6) is 17.2 Å². The van der Waals surface area contributed by atoms with E-state index in [-0.39, 0.29) is 5.97 Å². The number of ether oxygens (including phenoxy) is 5. The number of esters is 1. The van der Waals surface area contributed by atoms with Gasteiger partial charge in [-0.3, -0.25) is 0 Å². The summed E-state index contributed by atoms with van der Waals surface area (Å²) in [6.07, 6.45) is 1.92. The first kappa shape index (κ1) is 27.8. The summed E-state index contributed by atoms with van der Waals surface area (Å²) in [5, 5.41) is 0. The first-order chi connectivity index (χ1) is 18.0. The van der Waals surface area contributed by atoms with Crippen molar-refractivity contribution in [3.8, 4) is 28.4 Å². The number of carbonyl (C=O) groups excluding carboxylic acids is 1. The van der Waals surface area contributed by atoms with E-state index in [2.05, 4.69) is 37.3 Å². The second-order valence-corrected chi connectivity index (χ2v) is 8.36. The van der Waals surface area contributed by atoms with Gasteiger partial charge in [-0.1, -0.05) is 42.5 Å². The second kappa shape index (κ2) is 14.1. The molecule has 6 heteroatoms. The van der Waals surface area contributed by atoms with E-state index in [1.165, 1.54) is 0 Å². The Hall–Kier alpha value is -3.77. The van der Waals surface area contributed by atoms with E-state index in [4.69, 9.17) is 23.7 Å². The summed E-state index contributed by atoms with van der Waals surface area (Å²) in [6.45, 7) is 6.95. The number of hydrogen-bond acceptors (Lipinski definition) is 6. The van der Waals surface area contributed by atoms with Crippen molar-refractivity contribution in [2.45, 2.75) is 33.3 Å². The van der Waals surface area contributed by atoms with Crippen molar-refractivity contribution >= 4 is 11.5 Å². The van der Waals surface area contributed by atoms with Crippen LogP contribution >= 0.6 is 0 Å². The summed E-state index contributed by atoms with van der Waals surface area (Å²) in [6, 6.07) is 21.8. The normalized spacial score (nSPS) is 12.1. The number of benzene rings is 3. The highest BCUT2D eigenvalue weighted by molar-refractivity contribution is 5.78. The highest BCUT2D eigenvalue weighted by atomic mass is 16.6. The minimum absolute atomic E-state index is 0.333. The summed E-state index contributed by atoms with van der Waals surface area (Å²) >= 11 is 0. The summed E-state index contributed by atoms with van der Waals surface area (Å²) in [7, 11) is 3.32. The van der Waals surface area contributed by atoms with Gasteiger partial charge in [-0.15, -0.1) is 0 Å². The first-order valence-corrected chi connectivity index (χ1v) is 12.5. The van der Waals surface area contributed by atoms with Crippen molar-refractivity contribution in [3.63, 3.8) is 0 Å². The van der Waals surface area contributed by atoms with Gasteiger partial charge in [0.1, 0.15) is 23.9 Å². The molecule has 196 valence electrons. The Morgan fingerprint density at radius 1 is 0.865 bits per heavy atom. The van der Waals surface area contributed by atoms with Gasteiger partial charge in [0.15, 0.2) is 6.10 Å². The first-order valence-electron chi connectivity index (χ1n) is 12.5. The fourth-order valence-electron chi connectivity index (χ4n) is 4.00. The SMILES string of the molecule is CCOC(=O)C(Cc1ccc(OC/C=C(\C)c2ccc(-c3c(OC)cccc3OC)cc2)cc1)OCC. The van der Waals surface area contributed by atoms with Crippen LogP contribution in [0.2, 0.25) is 0 Å². The van der Waals surface area contributed by atoms with Crippen molar-refractivity contribution in [2.24, 2.45) is 0 Å². The summed E-state index contributed by atoms with van der Waals surface area (Å²) < 4.78 is 27.6. The van der Waals surface area contributed by atoms with Crippen molar-refractivity contribution < 1.29 is 28.5 Å². The third kappa shape index (κ3) is 7.61. The quantitative estimate of drug-likeness (QED) is 0.252. The van der Waals surface area contributed by atoms with Crippen molar-refractivity contribution in [3.05, 3.63) is 83.9 Å². The number of carbonyl (C=O) groups is 1. The van der Waals surface area contributed by atoms with E-state index in [1.807, 2.05) is 49.4 Å². The van der Waals surface area contributed by atoms with Gasteiger partial charge in [-0.05, 0) is 73.4 Å². The lowest BCUT2D eigenvalue weighted by Crippen LogP contribution is -2.28. The molecule has 0 saturated heterocycles. The fraction of sp³-hybridized carbons (Fsp3) is 0.323. The Labute approximate surface area is 219 Å². The largest absolute Gasteiger partial charge is 0.496 e. The Kier molecular flexibility index (Phi) is 10.6. The molecule has 0 amide bonds. The maximum absolute atomic E-state index is 12.1. The van der Waals surface area contributed by atoms with Crippen LogP contribution in [-0.2, 0) is 20.7 Å². The van der Waals surface area contributed by atoms with Gasteiger partial charge >= 0.3 is 5.97 Å². The van der Waals surface area contributed by atoms with E-state index in [1.54, 1.807) is 21.1 Å². The zero-order chi connectivity index (χ0) is 26.6. The molecule has 3 rings (SSSR count). The van der Waals surface area contributed by atoms with Crippen LogP contribution in [0, 0.1) is 0 Å². The Morgan fingerprint density at radius 3 is 2.08 bits per heavy atom. The Bertz CT molecular complexity index is 1140. The predicted molar refractivity (Wildman–Crippen MR) is 146 cm³/mol. The lowest BCUT2D eigenvalue weighted by molar-refractivity contribution is -0.156. The van der Waals surface area contributed by atoms with Gasteiger partial charge in [0.25, 0.3) is 0 Å². The van der Waals surface area contributed by atoms with E-state index in [0.29, 0.717) is 26.2 Å². The number of allylic oxidation sites excluding steroid dienone is 1. The smallest absolute Gasteiger partial charge is 0.335 e. The monoisotopic (exact) mass is 504 g/mol. The third-order valence-corrected chi connectivity index (χ3v) is 5.96. The maximum Gasteiger partial charge on any atom is 0.335 e. The molecule has 0 aliphatic heterocycles. The molecule has 1 atom stereocenters. The molecule has 1 unspecified atom stereocenters. The molecule has 0 aliphatic carbocycles. The lowest BCUT2D eigenvalue weighted by Gasteiger charge is -2.15. The van der Waals surface area contributed by atoms with E-state index < -0.39 is 6.10 Å². The van der Waals surface area contributed by atoms with E-state index >= 15 is 0 Å². The average Bonchev–Trinajstić information content (AvgIpc) is 2.93. The maximum atomic E-state index is 12.1. The van der Waals surface area contributed by atoms with Crippen LogP contribution < -0.4 is 14.2 Å². The average molecular weight is 505 g/mol. The molecule has 0 saturated carbocycles. The van der Waals surface area contributed by atoms with Gasteiger partial charge in [0.2, 0.25) is 0 Å². The van der Waals surface area contributed by atoms with Crippen molar-refractivity contribution in [2.75, 3.05) is 34.0 Å². The molecule has 0 heterocycles. The van der Waals surface area contributed by atoms with Gasteiger partial charge in [0, 0.05) is 13.0 Å². The molecule has 0 radical (unpaired) electrons. The predicted octanol–water partition coefficient (Wildman–Crippen LogP) is 6.36. The van der Waals surface area contributed by atoms with Crippen LogP contribution in [-0.4, -0.2) is 46.1 Å². The molecule has 0 aliphatic rings. The Morgan fingerprint density at radius 2 is 1.51 bits per heavy atom. The Balaban J connectivity index is 1.60. The molecule has 0 spiro atoms. The van der Waals surface area contributed by atoms with Crippen LogP contribution in [0.1, 0.15) is 31.9 Å². The lowest BCUT2D eigenvalue weighted by atomic mass is 9.99. The molecule has 0 fully saturated rings. The summed E-state index contributed by atoms with van der Waals surface area (Å²) in [4.78, 5) is 12.1. The van der Waals surface area contributed by atoms with Gasteiger partial charge in [0.05, 0.1) is 26.4 Å². The zero-order valence-electron chi connectivity index (χ0n) is 22.3. The topological polar surface area (TPSA) is 63.2 Å². The highest BCUT2D eigenvalue weighted by Gasteiger charge is 2.20. The van der Waals surface area contributed by atoms with Gasteiger partial charge in [-0.25, -0.2) is 4.79 Å². The molecule has 0 aromatic heterocycles. The molecule has 0 N–H and O–H groups in total. The third-order valence-electron chi connectivity index (χ3n) is 5.96. The van der Waals surface area contributed by atoms with Crippen LogP contribution in [0.4, 0.5) is 0 Å². The number of hydrogen-bond donors (Lipinski definition) is 0. The van der Waals surface area contributed by atoms with Crippen molar-refractivity contribution in [1.29, 1.82) is 0 Å². The molecule has 37 heavy (non-hydrogen) atoms. The molecule has 3 aromatic rings. The van der Waals surface area contributed by atoms with Gasteiger partial charge < -0.3 is 23.7 Å². The van der Waals surface area contributed by atoms with E-state index in [9.17, 15) is 4.79 Å². The second-order valence-electron chi connectivity index (χ2n) is 8.36. The van der Waals surface area contributed by atoms with Crippen LogP contribution in [0.25, 0.3) is 16.7 Å². The fourth-order valence-corrected chi connectivity index (χ4v) is 4.00. The molecular weight excluding hydrogens is 468 g/mol. The van der Waals surface area contributed by atoms with Crippen LogP contribution in [0.3, 0.4) is 0 Å². The summed E-state index contributed by atoms with van der Waals surface area (Å²) in [5.74, 6) is 1.97. The minimum Gasteiger partial charge on any atom is -0.496 e. The van der Waals surface area contributed by atoms with E-state index in [0.717, 1.165) is 45.1 Å². The summed E-state index contributed by atoms with van der Waals surface area (Å²) in [5.41, 5.74) is 5.16. The van der Waals surface area contributed by atoms with Gasteiger partial charge in [-0.2, -0.15) is 0 Å². The highest BCUT2D eigenvalue weighted by Crippen LogP contribution is 2.38. The zero-order valence-corrected chi connectivity index (χ0v) is 22.3. The van der Waals surface area contributed by atoms with Crippen molar-refractivity contribution in [1.82, 2.24) is 0 Å². The number of rotatable bonds is 13. The standard InChI is InChI=1S/C31H36O6/c1-6-35-29(31(32)36-7-2)21-23-11-17-26(18-12-23)37-20-19-22(3)24-13-15-25(16-14-24)30-27(33-4)9-8-10-28(30)34-5/h8-19,29H,6-7,20-21H2,1-5H3/b22-19+. The molecule has 3 aromatic carbocycles. The minimum atomic E-state index is -0.599.